The van der Waals surface area contributed by atoms with Gasteiger partial charge in [-0.1, -0.05) is 137 Å². The van der Waals surface area contributed by atoms with Crippen LogP contribution in [0.4, 0.5) is 0 Å². The number of hydrogen-bond donors (Lipinski definition) is 3. The lowest BCUT2D eigenvalue weighted by atomic mass is 10.1. The third kappa shape index (κ3) is 38.3. The van der Waals surface area contributed by atoms with E-state index in [1.165, 1.54) is 0 Å². The molecule has 0 aromatic carbocycles. The molecule has 0 fully saturated rings. The molecule has 0 heterocycles. The minimum atomic E-state index is -4.79. The first-order chi connectivity index (χ1) is 24.7. The lowest BCUT2D eigenvalue weighted by Crippen LogP contribution is -2.29. The van der Waals surface area contributed by atoms with Gasteiger partial charge in [0, 0.05) is 12.8 Å². The van der Waals surface area contributed by atoms with Crippen molar-refractivity contribution in [3.63, 3.8) is 0 Å². The number of esters is 2. The highest BCUT2D eigenvalue weighted by Crippen LogP contribution is 2.36. The Bertz CT molecular complexity index is 1110. The number of aliphatic hydroxyl groups excluding tert-OH is 1. The van der Waals surface area contributed by atoms with Gasteiger partial charge in [0.05, 0.1) is 12.7 Å². The first-order valence-electron chi connectivity index (χ1n) is 19.0. The van der Waals surface area contributed by atoms with E-state index in [0.717, 1.165) is 89.9 Å². The number of aliphatic hydroxyl groups is 1. The molecule has 0 saturated heterocycles. The molecule has 290 valence electrons. The summed E-state index contributed by atoms with van der Waals surface area (Å²) in [6.45, 7) is 3.31. The fourth-order valence-electron chi connectivity index (χ4n) is 4.72. The predicted octanol–water partition coefficient (Wildman–Crippen LogP) is 10.3. The van der Waals surface area contributed by atoms with E-state index in [9.17, 15) is 19.3 Å². The van der Waals surface area contributed by atoms with Crippen molar-refractivity contribution < 1.29 is 43.0 Å². The maximum Gasteiger partial charge on any atom is 0.469 e. The lowest BCUT2D eigenvalue weighted by molar-refractivity contribution is -0.161. The average molecular weight is 735 g/mol. The number of carbonyl (C=O) groups excluding carboxylic acids is 2. The fourth-order valence-corrected chi connectivity index (χ4v) is 5.08. The molecular formula is C41H67O9P. The molecule has 51 heavy (non-hydrogen) atoms. The van der Waals surface area contributed by atoms with Gasteiger partial charge in [0.15, 0.2) is 6.10 Å². The zero-order valence-electron chi connectivity index (χ0n) is 31.3. The van der Waals surface area contributed by atoms with Crippen molar-refractivity contribution in [2.75, 3.05) is 13.2 Å². The molecule has 0 aliphatic rings. The van der Waals surface area contributed by atoms with Crippen LogP contribution in [-0.4, -0.2) is 52.3 Å². The van der Waals surface area contributed by atoms with Gasteiger partial charge < -0.3 is 24.4 Å². The molecule has 9 nitrogen and oxygen atoms in total. The van der Waals surface area contributed by atoms with Crippen LogP contribution >= 0.6 is 7.82 Å². The maximum atomic E-state index is 12.4. The van der Waals surface area contributed by atoms with Crippen molar-refractivity contribution in [2.24, 2.45) is 0 Å². The summed E-state index contributed by atoms with van der Waals surface area (Å²) in [4.78, 5) is 42.7. The molecule has 0 rings (SSSR count). The van der Waals surface area contributed by atoms with Crippen LogP contribution in [0.1, 0.15) is 136 Å². The number of carbonyl (C=O) groups is 2. The number of phosphoric ester groups is 1. The van der Waals surface area contributed by atoms with Crippen LogP contribution in [0.25, 0.3) is 0 Å². The van der Waals surface area contributed by atoms with Crippen LogP contribution in [0.2, 0.25) is 0 Å². The summed E-state index contributed by atoms with van der Waals surface area (Å²) in [5, 5.41) is 10.1. The normalized spacial score (nSPS) is 14.1. The maximum absolute atomic E-state index is 12.4. The Balaban J connectivity index is 4.13. The first kappa shape index (κ1) is 48.2. The molecule has 0 amide bonds. The topological polar surface area (TPSA) is 140 Å². The monoisotopic (exact) mass is 734 g/mol. The summed E-state index contributed by atoms with van der Waals surface area (Å²) >= 11 is 0. The zero-order chi connectivity index (χ0) is 37.7. The van der Waals surface area contributed by atoms with Crippen molar-refractivity contribution in [3.8, 4) is 0 Å². The molecule has 0 saturated carbocycles. The second-order valence-corrected chi connectivity index (χ2v) is 13.6. The van der Waals surface area contributed by atoms with Crippen molar-refractivity contribution >= 4 is 19.8 Å². The van der Waals surface area contributed by atoms with Gasteiger partial charge >= 0.3 is 19.8 Å². The van der Waals surface area contributed by atoms with Gasteiger partial charge in [0.1, 0.15) is 6.61 Å². The molecule has 0 radical (unpaired) electrons. The predicted molar refractivity (Wildman–Crippen MR) is 208 cm³/mol. The minimum absolute atomic E-state index is 0.158. The molecule has 1 unspecified atom stereocenters. The van der Waals surface area contributed by atoms with E-state index in [0.29, 0.717) is 19.3 Å². The van der Waals surface area contributed by atoms with Crippen LogP contribution in [0.3, 0.4) is 0 Å². The van der Waals surface area contributed by atoms with Gasteiger partial charge in [-0.25, -0.2) is 4.57 Å². The minimum Gasteiger partial charge on any atom is -0.462 e. The van der Waals surface area contributed by atoms with Crippen molar-refractivity contribution in [3.05, 3.63) is 85.1 Å². The van der Waals surface area contributed by atoms with E-state index >= 15 is 0 Å². The second kappa shape index (κ2) is 35.6. The van der Waals surface area contributed by atoms with Crippen LogP contribution in [0.5, 0.6) is 0 Å². The Morgan fingerprint density at radius 1 is 0.608 bits per heavy atom. The Morgan fingerprint density at radius 2 is 1.12 bits per heavy atom. The van der Waals surface area contributed by atoms with Crippen LogP contribution < -0.4 is 0 Å². The number of unbranched alkanes of at least 4 members (excludes halogenated alkanes) is 8. The second-order valence-electron chi connectivity index (χ2n) is 12.3. The van der Waals surface area contributed by atoms with Gasteiger partial charge in [0.25, 0.3) is 0 Å². The van der Waals surface area contributed by atoms with Gasteiger partial charge in [-0.3, -0.25) is 14.1 Å². The van der Waals surface area contributed by atoms with Crippen LogP contribution in [-0.2, 0) is 28.2 Å². The lowest BCUT2D eigenvalue weighted by Gasteiger charge is -2.18. The highest BCUT2D eigenvalue weighted by molar-refractivity contribution is 7.46. The quantitative estimate of drug-likeness (QED) is 0.0198. The Kier molecular flexibility index (Phi) is 33.6. The molecule has 0 aromatic rings. The number of ether oxygens (including phenoxy) is 2. The van der Waals surface area contributed by atoms with E-state index in [4.69, 9.17) is 19.3 Å². The van der Waals surface area contributed by atoms with Crippen molar-refractivity contribution in [1.29, 1.82) is 0 Å². The summed E-state index contributed by atoms with van der Waals surface area (Å²) in [7, 11) is -4.79. The van der Waals surface area contributed by atoms with Crippen molar-refractivity contribution in [1.82, 2.24) is 0 Å². The highest BCUT2D eigenvalue weighted by Gasteiger charge is 2.22. The Labute approximate surface area is 308 Å². The number of hydrogen-bond acceptors (Lipinski definition) is 7. The first-order valence-corrected chi connectivity index (χ1v) is 20.5. The third-order valence-electron chi connectivity index (χ3n) is 7.51. The van der Waals surface area contributed by atoms with Gasteiger partial charge in [-0.05, 0) is 70.6 Å². The highest BCUT2D eigenvalue weighted by atomic mass is 31.2. The zero-order valence-corrected chi connectivity index (χ0v) is 32.2. The molecule has 0 bridgehead atoms. The van der Waals surface area contributed by atoms with Gasteiger partial charge in [-0.2, -0.15) is 0 Å². The smallest absolute Gasteiger partial charge is 0.462 e. The standard InChI is InChI=1S/C41H67O9P/c1-3-5-7-9-11-12-13-14-15-16-17-18-19-20-22-26-31-35-41(44)50-39(37-49-51(45,46)47)36-48-40(43)34-30-27-23-25-29-33-38(42)32-28-24-21-10-8-6-4-2/h5-8,11-12,14-15,17-18,21,24,28,32,38-39,42H,3-4,9-10,13,16,19-20,22-23,25-27,29-31,33-37H2,1-2H3,(H2,45,46,47)/b7-5-,8-6+,12-11-,15-14-,18-17-,24-21+,32-28+/t38?,39-/m1/s1. The summed E-state index contributed by atoms with van der Waals surface area (Å²) < 4.78 is 26.2. The van der Waals surface area contributed by atoms with Gasteiger partial charge in [0.2, 0.25) is 0 Å². The summed E-state index contributed by atoms with van der Waals surface area (Å²) in [6.07, 6.45) is 43.2. The van der Waals surface area contributed by atoms with E-state index < -0.39 is 38.6 Å². The molecule has 3 N–H and O–H groups in total. The summed E-state index contributed by atoms with van der Waals surface area (Å²) in [5.74, 6) is -1.000. The van der Waals surface area contributed by atoms with Crippen molar-refractivity contribution in [2.45, 2.75) is 148 Å². The molecule has 2 atom stereocenters. The summed E-state index contributed by atoms with van der Waals surface area (Å²) in [6, 6.07) is 0. The molecule has 0 spiro atoms. The molecule has 0 aromatic heterocycles. The fraction of sp³-hybridized carbons (Fsp3) is 0.610. The molecular weight excluding hydrogens is 667 g/mol. The average Bonchev–Trinajstić information content (AvgIpc) is 3.09. The SMILES string of the molecule is CC/C=C\C/C=C\C/C=C\C/C=C\CCCCCCC(=O)O[C@H](COC(=O)CCCCCCCC(O)/C=C/C=C/C/C=C/CC)COP(=O)(O)O. The number of allylic oxidation sites excluding steroid dienone is 13. The van der Waals surface area contributed by atoms with E-state index in [2.05, 4.69) is 79.1 Å². The Morgan fingerprint density at radius 3 is 1.73 bits per heavy atom. The molecule has 10 heteroatoms. The molecule has 0 aliphatic heterocycles. The number of rotatable bonds is 33. The van der Waals surface area contributed by atoms with Crippen LogP contribution in [0.15, 0.2) is 85.1 Å². The molecule has 0 aliphatic carbocycles. The number of phosphoric acid groups is 1. The van der Waals surface area contributed by atoms with E-state index in [1.807, 2.05) is 18.2 Å². The van der Waals surface area contributed by atoms with E-state index in [-0.39, 0.29) is 19.4 Å². The van der Waals surface area contributed by atoms with Crippen LogP contribution in [0, 0.1) is 0 Å². The Hall–Kier alpha value is -2.81. The summed E-state index contributed by atoms with van der Waals surface area (Å²) in [5.41, 5.74) is 0. The van der Waals surface area contributed by atoms with Gasteiger partial charge in [-0.15, -0.1) is 0 Å². The largest absolute Gasteiger partial charge is 0.469 e. The van der Waals surface area contributed by atoms with E-state index in [1.54, 1.807) is 6.08 Å². The third-order valence-corrected chi connectivity index (χ3v) is 8.00.